The van der Waals surface area contributed by atoms with Crippen LogP contribution in [0.3, 0.4) is 0 Å². The van der Waals surface area contributed by atoms with E-state index in [2.05, 4.69) is 44.6 Å². The predicted molar refractivity (Wildman–Crippen MR) is 57.8 cm³/mol. The van der Waals surface area contributed by atoms with Crippen LogP contribution >= 0.6 is 15.9 Å². The Morgan fingerprint density at radius 2 is 2.15 bits per heavy atom. The molecular formula is C9H16BrN3. The van der Waals surface area contributed by atoms with Gasteiger partial charge in [-0.15, -0.1) is 0 Å². The molecule has 0 spiro atoms. The van der Waals surface area contributed by atoms with Crippen molar-refractivity contribution in [1.29, 1.82) is 0 Å². The first kappa shape index (κ1) is 10.7. The molecule has 1 heterocycles. The maximum Gasteiger partial charge on any atom is 0.112 e. The van der Waals surface area contributed by atoms with Gasteiger partial charge in [-0.1, -0.05) is 13.8 Å². The molecule has 0 aliphatic rings. The van der Waals surface area contributed by atoms with E-state index in [1.165, 1.54) is 0 Å². The summed E-state index contributed by atoms with van der Waals surface area (Å²) >= 11 is 3.53. The molecule has 0 aliphatic carbocycles. The predicted octanol–water partition coefficient (Wildman–Crippen LogP) is 2.03. The second-order valence-electron chi connectivity index (χ2n) is 3.45. The lowest BCUT2D eigenvalue weighted by molar-refractivity contribution is 0.703. The van der Waals surface area contributed by atoms with Crippen molar-refractivity contribution in [1.82, 2.24) is 14.9 Å². The van der Waals surface area contributed by atoms with E-state index in [0.717, 1.165) is 22.7 Å². The largest absolute Gasteiger partial charge is 0.325 e. The summed E-state index contributed by atoms with van der Waals surface area (Å²) in [6, 6.07) is 0. The Kier molecular flexibility index (Phi) is 3.50. The Hall–Kier alpha value is -0.350. The fraction of sp³-hybridized carbons (Fsp3) is 0.667. The molecule has 1 rings (SSSR count). The van der Waals surface area contributed by atoms with E-state index in [1.807, 2.05) is 14.1 Å². The van der Waals surface area contributed by atoms with Gasteiger partial charge < -0.3 is 9.88 Å². The first-order chi connectivity index (χ1) is 6.07. The van der Waals surface area contributed by atoms with Crippen molar-refractivity contribution in [3.63, 3.8) is 0 Å². The van der Waals surface area contributed by atoms with E-state index >= 15 is 0 Å². The van der Waals surface area contributed by atoms with Crippen LogP contribution in [0.15, 0.2) is 4.60 Å². The summed E-state index contributed by atoms with van der Waals surface area (Å²) in [5.74, 6) is 1.59. The van der Waals surface area contributed by atoms with Crippen LogP contribution in [0.2, 0.25) is 0 Å². The Morgan fingerprint density at radius 1 is 1.54 bits per heavy atom. The second-order valence-corrected chi connectivity index (χ2v) is 4.20. The Balaban J connectivity index is 3.05. The highest BCUT2D eigenvalue weighted by Gasteiger charge is 2.13. The van der Waals surface area contributed by atoms with E-state index in [1.54, 1.807) is 0 Å². The average Bonchev–Trinajstić information content (AvgIpc) is 2.33. The molecule has 1 aromatic rings. The van der Waals surface area contributed by atoms with E-state index in [4.69, 9.17) is 0 Å². The maximum atomic E-state index is 4.55. The molecule has 0 unspecified atom stereocenters. The van der Waals surface area contributed by atoms with Crippen LogP contribution in [0.5, 0.6) is 0 Å². The van der Waals surface area contributed by atoms with Crippen molar-refractivity contribution in [2.24, 2.45) is 7.05 Å². The second kappa shape index (κ2) is 4.24. The third kappa shape index (κ3) is 2.11. The van der Waals surface area contributed by atoms with Crippen molar-refractivity contribution in [3.05, 3.63) is 16.1 Å². The zero-order chi connectivity index (χ0) is 10.0. The van der Waals surface area contributed by atoms with Crippen LogP contribution in [-0.2, 0) is 13.6 Å². The number of rotatable bonds is 3. The van der Waals surface area contributed by atoms with Gasteiger partial charge in [-0.2, -0.15) is 0 Å². The number of aromatic nitrogens is 2. The number of halogens is 1. The summed E-state index contributed by atoms with van der Waals surface area (Å²) in [5.41, 5.74) is 1.08. The van der Waals surface area contributed by atoms with Crippen molar-refractivity contribution in [2.75, 3.05) is 7.05 Å². The van der Waals surface area contributed by atoms with Gasteiger partial charge in [0.1, 0.15) is 10.4 Å². The van der Waals surface area contributed by atoms with Gasteiger partial charge >= 0.3 is 0 Å². The molecule has 13 heavy (non-hydrogen) atoms. The number of nitrogens with zero attached hydrogens (tertiary/aromatic N) is 2. The minimum atomic E-state index is 0.465. The molecule has 0 amide bonds. The first-order valence-corrected chi connectivity index (χ1v) is 5.22. The molecule has 0 bridgehead atoms. The highest BCUT2D eigenvalue weighted by Crippen LogP contribution is 2.21. The molecule has 1 aromatic heterocycles. The Bertz CT molecular complexity index is 291. The van der Waals surface area contributed by atoms with Gasteiger partial charge in [0.25, 0.3) is 0 Å². The van der Waals surface area contributed by atoms with Gasteiger partial charge in [-0.25, -0.2) is 4.98 Å². The zero-order valence-electron chi connectivity index (χ0n) is 8.56. The minimum Gasteiger partial charge on any atom is -0.325 e. The van der Waals surface area contributed by atoms with Gasteiger partial charge in [-0.05, 0) is 23.0 Å². The minimum absolute atomic E-state index is 0.465. The van der Waals surface area contributed by atoms with E-state index < -0.39 is 0 Å². The highest BCUT2D eigenvalue weighted by atomic mass is 79.9. The van der Waals surface area contributed by atoms with Crippen LogP contribution < -0.4 is 5.32 Å². The van der Waals surface area contributed by atoms with Crippen molar-refractivity contribution in [3.8, 4) is 0 Å². The third-order valence-electron chi connectivity index (χ3n) is 1.99. The van der Waals surface area contributed by atoms with E-state index in [0.29, 0.717) is 5.92 Å². The molecule has 0 aliphatic heterocycles. The fourth-order valence-electron chi connectivity index (χ4n) is 1.35. The molecule has 3 nitrogen and oxygen atoms in total. The smallest absolute Gasteiger partial charge is 0.112 e. The van der Waals surface area contributed by atoms with Crippen molar-refractivity contribution < 1.29 is 0 Å². The molecule has 0 fully saturated rings. The molecule has 0 radical (unpaired) electrons. The SMILES string of the molecule is CNCc1nc(C(C)C)n(C)c1Br. The molecule has 4 heteroatoms. The van der Waals surface area contributed by atoms with Crippen LogP contribution in [0.4, 0.5) is 0 Å². The van der Waals surface area contributed by atoms with Gasteiger partial charge in [-0.3, -0.25) is 0 Å². The lowest BCUT2D eigenvalue weighted by Crippen LogP contribution is -2.06. The van der Waals surface area contributed by atoms with Crippen LogP contribution in [0.25, 0.3) is 0 Å². The van der Waals surface area contributed by atoms with Crippen LogP contribution in [0.1, 0.15) is 31.3 Å². The number of imidazole rings is 1. The molecule has 74 valence electrons. The molecule has 0 saturated carbocycles. The van der Waals surface area contributed by atoms with Gasteiger partial charge in [0.15, 0.2) is 0 Å². The summed E-state index contributed by atoms with van der Waals surface area (Å²) in [5, 5.41) is 3.10. The summed E-state index contributed by atoms with van der Waals surface area (Å²) in [6.45, 7) is 5.11. The Morgan fingerprint density at radius 3 is 2.54 bits per heavy atom. The average molecular weight is 246 g/mol. The van der Waals surface area contributed by atoms with E-state index in [-0.39, 0.29) is 0 Å². The highest BCUT2D eigenvalue weighted by molar-refractivity contribution is 9.10. The fourth-order valence-corrected chi connectivity index (χ4v) is 1.76. The summed E-state index contributed by atoms with van der Waals surface area (Å²) in [7, 11) is 3.96. The number of nitrogens with one attached hydrogen (secondary N) is 1. The summed E-state index contributed by atoms with van der Waals surface area (Å²) < 4.78 is 3.17. The Labute approximate surface area is 87.7 Å². The molecule has 0 atom stereocenters. The van der Waals surface area contributed by atoms with E-state index in [9.17, 15) is 0 Å². The molecule has 0 aromatic carbocycles. The summed E-state index contributed by atoms with van der Waals surface area (Å²) in [6.07, 6.45) is 0. The van der Waals surface area contributed by atoms with Crippen molar-refractivity contribution in [2.45, 2.75) is 26.3 Å². The van der Waals surface area contributed by atoms with Gasteiger partial charge in [0.2, 0.25) is 0 Å². The lowest BCUT2D eigenvalue weighted by Gasteiger charge is -2.04. The summed E-state index contributed by atoms with van der Waals surface area (Å²) in [4.78, 5) is 4.55. The van der Waals surface area contributed by atoms with Crippen LogP contribution in [0, 0.1) is 0 Å². The monoisotopic (exact) mass is 245 g/mol. The zero-order valence-corrected chi connectivity index (χ0v) is 10.1. The first-order valence-electron chi connectivity index (χ1n) is 4.43. The molecule has 1 N–H and O–H groups in total. The van der Waals surface area contributed by atoms with Gasteiger partial charge in [0, 0.05) is 19.5 Å². The normalized spacial score (nSPS) is 11.2. The quantitative estimate of drug-likeness (QED) is 0.884. The third-order valence-corrected chi connectivity index (χ3v) is 2.98. The molecule has 0 saturated heterocycles. The maximum absolute atomic E-state index is 4.55. The van der Waals surface area contributed by atoms with Crippen LogP contribution in [-0.4, -0.2) is 16.6 Å². The topological polar surface area (TPSA) is 29.9 Å². The molecular weight excluding hydrogens is 230 g/mol. The lowest BCUT2D eigenvalue weighted by atomic mass is 10.2. The van der Waals surface area contributed by atoms with Gasteiger partial charge in [0.05, 0.1) is 5.69 Å². The van der Waals surface area contributed by atoms with Crippen molar-refractivity contribution >= 4 is 15.9 Å². The standard InChI is InChI=1S/C9H16BrN3/c1-6(2)9-12-7(5-11-3)8(10)13(9)4/h6,11H,5H2,1-4H3. The number of hydrogen-bond donors (Lipinski definition) is 1. The number of hydrogen-bond acceptors (Lipinski definition) is 2.